The van der Waals surface area contributed by atoms with Crippen molar-refractivity contribution in [1.29, 1.82) is 0 Å². The Labute approximate surface area is 201 Å². The van der Waals surface area contributed by atoms with Crippen LogP contribution in [0.1, 0.15) is 11.1 Å². The van der Waals surface area contributed by atoms with Crippen molar-refractivity contribution in [2.75, 3.05) is 11.5 Å². The minimum absolute atomic E-state index is 0.0365. The highest BCUT2D eigenvalue weighted by molar-refractivity contribution is 8.00. The lowest BCUT2D eigenvalue weighted by Crippen LogP contribution is -2.22. The summed E-state index contributed by atoms with van der Waals surface area (Å²) in [5.74, 6) is 0.657. The predicted octanol–water partition coefficient (Wildman–Crippen LogP) is 4.22. The molecule has 0 aliphatic carbocycles. The number of benzene rings is 3. The highest BCUT2D eigenvalue weighted by Gasteiger charge is 2.20. The number of para-hydroxylation sites is 1. The first-order valence-electron chi connectivity index (χ1n) is 10.7. The molecule has 0 atom stereocenters. The van der Waals surface area contributed by atoms with E-state index in [2.05, 4.69) is 10.2 Å². The van der Waals surface area contributed by atoms with Crippen molar-refractivity contribution in [3.05, 3.63) is 94.3 Å². The van der Waals surface area contributed by atoms with Crippen LogP contribution in [0, 0.1) is 13.8 Å². The smallest absolute Gasteiger partial charge is 0.267 e. The summed E-state index contributed by atoms with van der Waals surface area (Å²) in [7, 11) is -3.41. The van der Waals surface area contributed by atoms with Crippen LogP contribution < -0.4 is 5.56 Å². The zero-order valence-corrected chi connectivity index (χ0v) is 20.3. The number of thioether (sulfide) groups is 1. The number of nitrogens with zero attached hydrogens (tertiary/aromatic N) is 4. The summed E-state index contributed by atoms with van der Waals surface area (Å²) in [6, 6.07) is 21.6. The molecular formula is C25H22N4O3S2. The van der Waals surface area contributed by atoms with Gasteiger partial charge in [0.25, 0.3) is 5.56 Å². The van der Waals surface area contributed by atoms with Crippen molar-refractivity contribution in [1.82, 2.24) is 19.2 Å². The van der Waals surface area contributed by atoms with Gasteiger partial charge in [-0.25, -0.2) is 13.0 Å². The Kier molecular flexibility index (Phi) is 5.75. The highest BCUT2D eigenvalue weighted by Crippen LogP contribution is 2.25. The molecule has 5 aromatic rings. The number of hydrogen-bond acceptors (Lipinski definition) is 6. The van der Waals surface area contributed by atoms with Crippen LogP contribution in [0.25, 0.3) is 22.4 Å². The minimum Gasteiger partial charge on any atom is -0.268 e. The minimum atomic E-state index is -3.41. The SMILES string of the molecule is Cc1ccc(-n2c(=O)c3ccccc3n3c(SCCS(=O)(=O)c4ccccc4)nnc23)c(C)c1. The van der Waals surface area contributed by atoms with Crippen LogP contribution >= 0.6 is 11.8 Å². The lowest BCUT2D eigenvalue weighted by Gasteiger charge is -2.13. The van der Waals surface area contributed by atoms with Crippen molar-refractivity contribution >= 4 is 38.3 Å². The van der Waals surface area contributed by atoms with E-state index in [4.69, 9.17) is 0 Å². The van der Waals surface area contributed by atoms with Crippen LogP contribution in [-0.2, 0) is 9.84 Å². The van der Waals surface area contributed by atoms with E-state index in [9.17, 15) is 13.2 Å². The van der Waals surface area contributed by atoms with Crippen molar-refractivity contribution in [2.24, 2.45) is 0 Å². The van der Waals surface area contributed by atoms with E-state index in [0.717, 1.165) is 16.8 Å². The number of hydrogen-bond donors (Lipinski definition) is 0. The maximum atomic E-state index is 13.5. The Bertz CT molecular complexity index is 1690. The van der Waals surface area contributed by atoms with E-state index in [1.165, 1.54) is 11.8 Å². The lowest BCUT2D eigenvalue weighted by atomic mass is 10.1. The molecule has 0 aliphatic heterocycles. The molecule has 172 valence electrons. The molecular weight excluding hydrogens is 468 g/mol. The largest absolute Gasteiger partial charge is 0.268 e. The Hall–Kier alpha value is -3.43. The molecule has 0 saturated carbocycles. The topological polar surface area (TPSA) is 86.3 Å². The van der Waals surface area contributed by atoms with Crippen molar-refractivity contribution in [3.63, 3.8) is 0 Å². The van der Waals surface area contributed by atoms with Gasteiger partial charge >= 0.3 is 0 Å². The fourth-order valence-electron chi connectivity index (χ4n) is 4.03. The summed E-state index contributed by atoms with van der Waals surface area (Å²) >= 11 is 1.30. The second-order valence-electron chi connectivity index (χ2n) is 8.05. The highest BCUT2D eigenvalue weighted by atomic mass is 32.2. The second-order valence-corrected chi connectivity index (χ2v) is 11.2. The number of aromatic nitrogens is 4. The van der Waals surface area contributed by atoms with Crippen molar-refractivity contribution < 1.29 is 8.42 Å². The standard InChI is InChI=1S/C25H22N4O3S2/c1-17-12-13-21(18(2)16-17)28-23(30)20-10-6-7-11-22(20)29-24(28)26-27-25(29)33-14-15-34(31,32)19-8-4-3-5-9-19/h3-13,16H,14-15H2,1-2H3. The monoisotopic (exact) mass is 490 g/mol. The molecule has 7 nitrogen and oxygen atoms in total. The van der Waals surface area contributed by atoms with Gasteiger partial charge < -0.3 is 0 Å². The van der Waals surface area contributed by atoms with Gasteiger partial charge in [0.2, 0.25) is 5.78 Å². The Balaban J connectivity index is 1.60. The maximum Gasteiger partial charge on any atom is 0.267 e. The van der Waals surface area contributed by atoms with Gasteiger partial charge in [-0.15, -0.1) is 10.2 Å². The molecule has 5 rings (SSSR count). The summed E-state index contributed by atoms with van der Waals surface area (Å²) in [4.78, 5) is 13.8. The zero-order chi connectivity index (χ0) is 23.9. The van der Waals surface area contributed by atoms with Gasteiger partial charge in [0.05, 0.1) is 27.2 Å². The first-order chi connectivity index (χ1) is 16.4. The summed E-state index contributed by atoms with van der Waals surface area (Å²) in [5, 5.41) is 9.75. The molecule has 0 saturated heterocycles. The molecule has 9 heteroatoms. The van der Waals surface area contributed by atoms with E-state index in [-0.39, 0.29) is 11.3 Å². The summed E-state index contributed by atoms with van der Waals surface area (Å²) in [6.45, 7) is 3.96. The first kappa shape index (κ1) is 22.4. The molecule has 34 heavy (non-hydrogen) atoms. The summed E-state index contributed by atoms with van der Waals surface area (Å²) in [5.41, 5.74) is 3.29. The number of sulfone groups is 1. The molecule has 0 amide bonds. The van der Waals surface area contributed by atoms with E-state index >= 15 is 0 Å². The van der Waals surface area contributed by atoms with Crippen LogP contribution in [-0.4, -0.2) is 39.1 Å². The third-order valence-electron chi connectivity index (χ3n) is 5.67. The average Bonchev–Trinajstić information content (AvgIpc) is 3.24. The van der Waals surface area contributed by atoms with Crippen LogP contribution in [0.2, 0.25) is 0 Å². The third kappa shape index (κ3) is 3.91. The Morgan fingerprint density at radius 1 is 0.912 bits per heavy atom. The molecule has 0 N–H and O–H groups in total. The normalized spacial score (nSPS) is 11.9. The Morgan fingerprint density at radius 2 is 1.65 bits per heavy atom. The molecule has 0 radical (unpaired) electrons. The second kappa shape index (κ2) is 8.73. The molecule has 0 unspecified atom stereocenters. The first-order valence-corrected chi connectivity index (χ1v) is 13.4. The average molecular weight is 491 g/mol. The molecule has 0 bridgehead atoms. The van der Waals surface area contributed by atoms with E-state index in [1.54, 1.807) is 41.0 Å². The van der Waals surface area contributed by atoms with Gasteiger partial charge in [-0.2, -0.15) is 0 Å². The van der Waals surface area contributed by atoms with Crippen molar-refractivity contribution in [2.45, 2.75) is 23.9 Å². The van der Waals surface area contributed by atoms with Gasteiger partial charge in [-0.3, -0.25) is 9.20 Å². The molecule has 3 aromatic carbocycles. The molecule has 0 aliphatic rings. The van der Waals surface area contributed by atoms with E-state index in [1.807, 2.05) is 54.6 Å². The number of fused-ring (bicyclic) bond motifs is 3. The molecule has 0 fully saturated rings. The maximum absolute atomic E-state index is 13.5. The fraction of sp³-hybridized carbons (Fsp3) is 0.160. The van der Waals surface area contributed by atoms with Crippen LogP contribution in [0.4, 0.5) is 0 Å². The predicted molar refractivity (Wildman–Crippen MR) is 135 cm³/mol. The lowest BCUT2D eigenvalue weighted by molar-refractivity contribution is 0.597. The molecule has 2 aromatic heterocycles. The van der Waals surface area contributed by atoms with Gasteiger partial charge in [-0.1, -0.05) is 59.8 Å². The molecule has 0 spiro atoms. The van der Waals surface area contributed by atoms with Crippen LogP contribution in [0.5, 0.6) is 0 Å². The zero-order valence-electron chi connectivity index (χ0n) is 18.7. The van der Waals surface area contributed by atoms with Gasteiger partial charge in [0.1, 0.15) is 0 Å². The van der Waals surface area contributed by atoms with Gasteiger partial charge in [-0.05, 0) is 49.7 Å². The number of rotatable bonds is 6. The van der Waals surface area contributed by atoms with E-state index < -0.39 is 9.84 Å². The Morgan fingerprint density at radius 3 is 2.41 bits per heavy atom. The van der Waals surface area contributed by atoms with E-state index in [0.29, 0.717) is 32.5 Å². The quantitative estimate of drug-likeness (QED) is 0.331. The van der Waals surface area contributed by atoms with Gasteiger partial charge in [0, 0.05) is 5.75 Å². The van der Waals surface area contributed by atoms with Crippen LogP contribution in [0.15, 0.2) is 87.6 Å². The third-order valence-corrected chi connectivity index (χ3v) is 8.59. The van der Waals surface area contributed by atoms with Gasteiger partial charge in [0.15, 0.2) is 15.0 Å². The van der Waals surface area contributed by atoms with Crippen LogP contribution in [0.3, 0.4) is 0 Å². The summed E-state index contributed by atoms with van der Waals surface area (Å²) < 4.78 is 28.8. The number of aryl methyl sites for hydroxylation is 2. The fourth-order valence-corrected chi connectivity index (χ4v) is 6.64. The summed E-state index contributed by atoms with van der Waals surface area (Å²) in [6.07, 6.45) is 0. The molecule has 2 heterocycles. The van der Waals surface area contributed by atoms with Crippen molar-refractivity contribution in [3.8, 4) is 5.69 Å².